The molecule has 3 heterocycles. The van der Waals surface area contributed by atoms with Crippen molar-refractivity contribution in [2.45, 2.75) is 51.5 Å². The van der Waals surface area contributed by atoms with Gasteiger partial charge >= 0.3 is 0 Å². The fraction of sp³-hybridized carbons (Fsp3) is 0.526. The Bertz CT molecular complexity index is 823. The Morgan fingerprint density at radius 3 is 2.60 bits per heavy atom. The van der Waals surface area contributed by atoms with Gasteiger partial charge in [-0.1, -0.05) is 38.1 Å². The molecule has 0 bridgehead atoms. The number of rotatable bonds is 3. The van der Waals surface area contributed by atoms with Crippen LogP contribution in [0.3, 0.4) is 0 Å². The normalized spacial score (nSPS) is 17.4. The van der Waals surface area contributed by atoms with E-state index in [0.29, 0.717) is 5.92 Å². The molecule has 6 heteroatoms. The van der Waals surface area contributed by atoms with Crippen molar-refractivity contribution in [3.8, 4) is 0 Å². The minimum absolute atomic E-state index is 0.0679. The van der Waals surface area contributed by atoms with Crippen molar-refractivity contribution in [1.29, 1.82) is 0 Å². The molecule has 1 aromatic carbocycles. The Morgan fingerprint density at radius 1 is 1.16 bits per heavy atom. The van der Waals surface area contributed by atoms with Crippen molar-refractivity contribution in [1.82, 2.24) is 20.0 Å². The number of nitrogens with zero attached hydrogens (tertiary/aromatic N) is 4. The predicted molar refractivity (Wildman–Crippen MR) is 99.9 cm³/mol. The fourth-order valence-electron chi connectivity index (χ4n) is 3.22. The molecule has 1 saturated heterocycles. The Hall–Kier alpha value is -1.79. The van der Waals surface area contributed by atoms with Crippen LogP contribution < -0.4 is 0 Å². The molecular weight excluding hydrogens is 332 g/mol. The molecule has 25 heavy (non-hydrogen) atoms. The van der Waals surface area contributed by atoms with Gasteiger partial charge in [-0.05, 0) is 38.1 Å². The third-order valence-corrected chi connectivity index (χ3v) is 5.94. The van der Waals surface area contributed by atoms with E-state index in [4.69, 9.17) is 9.51 Å². The third kappa shape index (κ3) is 3.60. The number of piperidine rings is 1. The van der Waals surface area contributed by atoms with Crippen molar-refractivity contribution >= 4 is 21.6 Å². The zero-order valence-electron chi connectivity index (χ0n) is 15.0. The van der Waals surface area contributed by atoms with Crippen molar-refractivity contribution < 1.29 is 4.52 Å². The maximum Gasteiger partial charge on any atom is 0.240 e. The first-order chi connectivity index (χ1) is 12.0. The van der Waals surface area contributed by atoms with Crippen LogP contribution in [0.2, 0.25) is 0 Å². The molecule has 0 saturated carbocycles. The highest BCUT2D eigenvalue weighted by Gasteiger charge is 2.26. The summed E-state index contributed by atoms with van der Waals surface area (Å²) in [4.78, 5) is 11.8. The monoisotopic (exact) mass is 356 g/mol. The van der Waals surface area contributed by atoms with Gasteiger partial charge in [0.15, 0.2) is 5.82 Å². The van der Waals surface area contributed by atoms with Gasteiger partial charge in [0, 0.05) is 11.3 Å². The van der Waals surface area contributed by atoms with Crippen LogP contribution in [-0.4, -0.2) is 33.1 Å². The molecular formula is C19H24N4OS. The maximum atomic E-state index is 5.43. The second kappa shape index (κ2) is 6.50. The van der Waals surface area contributed by atoms with Gasteiger partial charge in [0.1, 0.15) is 0 Å². The molecule has 4 rings (SSSR count). The summed E-state index contributed by atoms with van der Waals surface area (Å²) in [5.41, 5.74) is 1.06. The number of hydrogen-bond acceptors (Lipinski definition) is 6. The molecule has 0 unspecified atom stereocenters. The molecule has 2 aromatic heterocycles. The fourth-order valence-corrected chi connectivity index (χ4v) is 4.35. The summed E-state index contributed by atoms with van der Waals surface area (Å²) in [6.45, 7) is 9.15. The van der Waals surface area contributed by atoms with E-state index in [-0.39, 0.29) is 5.41 Å². The van der Waals surface area contributed by atoms with Crippen molar-refractivity contribution in [2.24, 2.45) is 0 Å². The molecule has 0 radical (unpaired) electrons. The molecule has 0 N–H and O–H groups in total. The predicted octanol–water partition coefficient (Wildman–Crippen LogP) is 4.36. The van der Waals surface area contributed by atoms with Crippen LogP contribution in [0.4, 0.5) is 0 Å². The summed E-state index contributed by atoms with van der Waals surface area (Å²) in [6.07, 6.45) is 2.28. The molecule has 132 valence electrons. The summed E-state index contributed by atoms with van der Waals surface area (Å²) in [5.74, 6) is 2.08. The number of likely N-dealkylation sites (tertiary alicyclic amines) is 1. The summed E-state index contributed by atoms with van der Waals surface area (Å²) in [6, 6.07) is 8.41. The second-order valence-electron chi connectivity index (χ2n) is 7.83. The van der Waals surface area contributed by atoms with E-state index in [1.54, 1.807) is 0 Å². The van der Waals surface area contributed by atoms with Crippen LogP contribution in [0.15, 0.2) is 28.8 Å². The van der Waals surface area contributed by atoms with Gasteiger partial charge < -0.3 is 4.52 Å². The number of para-hydroxylation sites is 1. The molecule has 5 nitrogen and oxygen atoms in total. The van der Waals surface area contributed by atoms with E-state index in [0.717, 1.165) is 49.7 Å². The van der Waals surface area contributed by atoms with E-state index in [9.17, 15) is 0 Å². The average Bonchev–Trinajstić information content (AvgIpc) is 3.21. The summed E-state index contributed by atoms with van der Waals surface area (Å²) in [7, 11) is 0. The largest absolute Gasteiger partial charge is 0.338 e. The Kier molecular flexibility index (Phi) is 4.33. The van der Waals surface area contributed by atoms with Crippen LogP contribution in [0.25, 0.3) is 10.2 Å². The molecule has 0 atom stereocenters. The summed E-state index contributed by atoms with van der Waals surface area (Å²) in [5, 5.41) is 5.40. The quantitative estimate of drug-likeness (QED) is 0.698. The molecule has 0 amide bonds. The standard InChI is InChI=1S/C19H24N4OS/c1-19(2,3)18-21-16(24-22-18)12-23-10-8-13(9-11-23)17-20-14-6-4-5-7-15(14)25-17/h4-7,13H,8-12H2,1-3H3. The zero-order valence-corrected chi connectivity index (χ0v) is 15.8. The lowest BCUT2D eigenvalue weighted by molar-refractivity contribution is 0.180. The number of fused-ring (bicyclic) bond motifs is 1. The Labute approximate surface area is 152 Å². The SMILES string of the molecule is CC(C)(C)c1noc(CN2CCC(c3nc4ccccc4s3)CC2)n1. The first kappa shape index (κ1) is 16.7. The molecule has 1 aliphatic rings. The Balaban J connectivity index is 1.37. The average molecular weight is 356 g/mol. The first-order valence-electron chi connectivity index (χ1n) is 8.90. The van der Waals surface area contributed by atoms with E-state index >= 15 is 0 Å². The number of hydrogen-bond donors (Lipinski definition) is 0. The molecule has 1 fully saturated rings. The lowest BCUT2D eigenvalue weighted by Gasteiger charge is -2.29. The highest BCUT2D eigenvalue weighted by atomic mass is 32.1. The van der Waals surface area contributed by atoms with Crippen LogP contribution in [0.5, 0.6) is 0 Å². The highest BCUT2D eigenvalue weighted by molar-refractivity contribution is 7.18. The van der Waals surface area contributed by atoms with Crippen molar-refractivity contribution in [2.75, 3.05) is 13.1 Å². The van der Waals surface area contributed by atoms with E-state index in [1.165, 1.54) is 9.71 Å². The minimum Gasteiger partial charge on any atom is -0.338 e. The number of thiazole rings is 1. The number of aromatic nitrogens is 3. The molecule has 3 aromatic rings. The minimum atomic E-state index is -0.0679. The number of benzene rings is 1. The Morgan fingerprint density at radius 2 is 1.92 bits per heavy atom. The van der Waals surface area contributed by atoms with Gasteiger partial charge in [0.25, 0.3) is 0 Å². The summed E-state index contributed by atoms with van der Waals surface area (Å²) >= 11 is 1.84. The molecule has 0 spiro atoms. The van der Waals surface area contributed by atoms with E-state index in [1.807, 2.05) is 11.3 Å². The van der Waals surface area contributed by atoms with E-state index in [2.05, 4.69) is 60.1 Å². The molecule has 0 aliphatic carbocycles. The van der Waals surface area contributed by atoms with Gasteiger partial charge in [-0.3, -0.25) is 4.90 Å². The first-order valence-corrected chi connectivity index (χ1v) is 9.71. The van der Waals surface area contributed by atoms with Crippen LogP contribution in [0.1, 0.15) is 56.3 Å². The van der Waals surface area contributed by atoms with Crippen molar-refractivity contribution in [3.05, 3.63) is 41.0 Å². The third-order valence-electron chi connectivity index (χ3n) is 4.75. The summed E-state index contributed by atoms with van der Waals surface area (Å²) < 4.78 is 6.72. The van der Waals surface area contributed by atoms with Gasteiger partial charge in [-0.2, -0.15) is 4.98 Å². The maximum absolute atomic E-state index is 5.43. The second-order valence-corrected chi connectivity index (χ2v) is 8.89. The topological polar surface area (TPSA) is 55.1 Å². The van der Waals surface area contributed by atoms with Crippen LogP contribution in [-0.2, 0) is 12.0 Å². The van der Waals surface area contributed by atoms with Gasteiger partial charge in [0.2, 0.25) is 5.89 Å². The van der Waals surface area contributed by atoms with Gasteiger partial charge in [0.05, 0.1) is 21.8 Å². The lowest BCUT2D eigenvalue weighted by Crippen LogP contribution is -2.32. The van der Waals surface area contributed by atoms with Gasteiger partial charge in [-0.25, -0.2) is 4.98 Å². The van der Waals surface area contributed by atoms with Crippen molar-refractivity contribution in [3.63, 3.8) is 0 Å². The zero-order chi connectivity index (χ0) is 17.4. The smallest absolute Gasteiger partial charge is 0.240 e. The molecule has 1 aliphatic heterocycles. The van der Waals surface area contributed by atoms with Crippen LogP contribution in [0, 0.1) is 0 Å². The van der Waals surface area contributed by atoms with E-state index < -0.39 is 0 Å². The van der Waals surface area contributed by atoms with Crippen LogP contribution >= 0.6 is 11.3 Å². The lowest BCUT2D eigenvalue weighted by atomic mass is 9.96. The van der Waals surface area contributed by atoms with Gasteiger partial charge in [-0.15, -0.1) is 11.3 Å². The highest BCUT2D eigenvalue weighted by Crippen LogP contribution is 2.34.